The molecular formula is C44H90O5. The summed E-state index contributed by atoms with van der Waals surface area (Å²) < 4.78 is 19.3. The third-order valence-electron chi connectivity index (χ3n) is 10.5. The Hall–Kier alpha value is -0.200. The van der Waals surface area contributed by atoms with E-state index in [4.69, 9.17) is 14.2 Å². The van der Waals surface area contributed by atoms with E-state index in [0.717, 1.165) is 89.3 Å². The summed E-state index contributed by atoms with van der Waals surface area (Å²) in [5.74, 6) is 5.45. The van der Waals surface area contributed by atoms with Crippen molar-refractivity contribution in [2.75, 3.05) is 13.2 Å². The van der Waals surface area contributed by atoms with Gasteiger partial charge in [0.05, 0.1) is 12.2 Å². The second-order valence-corrected chi connectivity index (χ2v) is 17.7. The molecule has 12 unspecified atom stereocenters. The van der Waals surface area contributed by atoms with Crippen LogP contribution in [0.3, 0.4) is 0 Å². The Morgan fingerprint density at radius 1 is 0.367 bits per heavy atom. The SMILES string of the molecule is CCCCOC(CCCC(C)CC(C)CC(C)CC(C)CC(C)O)OC(CCCC(C)CC(C)CC(C)CC(C)CC(C)O)OCCCC. The predicted octanol–water partition coefficient (Wildman–Crippen LogP) is 12.6. The standard InChI is InChI=1S/C44H90O5/c1-13-15-23-47-43(21-17-19-33(3)25-35(5)27-37(7)29-39(9)31-41(11)45)49-44(48-24-16-14-2)22-18-20-34(4)26-36(6)28-38(8)30-40(10)32-42(12)46/h33-46H,13-32H2,1-12H3. The molecule has 0 aliphatic heterocycles. The van der Waals surface area contributed by atoms with Crippen molar-refractivity contribution >= 4 is 0 Å². The van der Waals surface area contributed by atoms with Crippen LogP contribution >= 0.6 is 0 Å². The first kappa shape index (κ1) is 48.8. The van der Waals surface area contributed by atoms with E-state index in [1.165, 1.54) is 51.4 Å². The maximum Gasteiger partial charge on any atom is 0.160 e. The highest BCUT2D eigenvalue weighted by atomic mass is 16.8. The zero-order valence-corrected chi connectivity index (χ0v) is 35.2. The lowest BCUT2D eigenvalue weighted by Crippen LogP contribution is -2.28. The summed E-state index contributed by atoms with van der Waals surface area (Å²) in [5.41, 5.74) is 0. The molecule has 0 aliphatic rings. The van der Waals surface area contributed by atoms with Crippen LogP contribution < -0.4 is 0 Å². The highest BCUT2D eigenvalue weighted by molar-refractivity contribution is 4.69. The average Bonchev–Trinajstić information content (AvgIpc) is 2.95. The minimum atomic E-state index is -0.194. The van der Waals surface area contributed by atoms with Gasteiger partial charge in [-0.25, -0.2) is 0 Å². The zero-order chi connectivity index (χ0) is 37.2. The van der Waals surface area contributed by atoms with E-state index in [9.17, 15) is 10.2 Å². The molecule has 49 heavy (non-hydrogen) atoms. The van der Waals surface area contributed by atoms with Crippen LogP contribution in [0.25, 0.3) is 0 Å². The topological polar surface area (TPSA) is 68.2 Å². The van der Waals surface area contributed by atoms with Gasteiger partial charge in [0.15, 0.2) is 12.6 Å². The summed E-state index contributed by atoms with van der Waals surface area (Å²) in [6, 6.07) is 0. The number of ether oxygens (including phenoxy) is 3. The first-order chi connectivity index (χ1) is 23.1. The minimum absolute atomic E-state index is 0.187. The molecule has 0 heterocycles. The van der Waals surface area contributed by atoms with Crippen LogP contribution in [0, 0.1) is 47.3 Å². The number of hydrogen-bond donors (Lipinski definition) is 2. The summed E-state index contributed by atoms with van der Waals surface area (Å²) >= 11 is 0. The molecule has 5 heteroatoms. The molecule has 12 atom stereocenters. The Bertz CT molecular complexity index is 655. The normalized spacial score (nSPS) is 19.7. The van der Waals surface area contributed by atoms with Crippen molar-refractivity contribution in [3.63, 3.8) is 0 Å². The number of rotatable bonds is 34. The van der Waals surface area contributed by atoms with Crippen LogP contribution in [0.1, 0.15) is 199 Å². The third kappa shape index (κ3) is 30.0. The Labute approximate surface area is 307 Å². The maximum atomic E-state index is 9.73. The molecule has 0 aromatic heterocycles. The second-order valence-electron chi connectivity index (χ2n) is 17.7. The maximum absolute atomic E-state index is 9.73. The van der Waals surface area contributed by atoms with Crippen molar-refractivity contribution < 1.29 is 24.4 Å². The van der Waals surface area contributed by atoms with Crippen molar-refractivity contribution in [3.05, 3.63) is 0 Å². The van der Waals surface area contributed by atoms with Crippen LogP contribution in [-0.4, -0.2) is 48.2 Å². The van der Waals surface area contributed by atoms with Crippen LogP contribution in [0.4, 0.5) is 0 Å². The van der Waals surface area contributed by atoms with E-state index in [1.807, 2.05) is 13.8 Å². The molecule has 2 N–H and O–H groups in total. The summed E-state index contributed by atoms with van der Waals surface area (Å²) in [5, 5.41) is 19.5. The Kier molecular flexibility index (Phi) is 30.2. The molecule has 0 aromatic carbocycles. The zero-order valence-electron chi connectivity index (χ0n) is 35.2. The van der Waals surface area contributed by atoms with Gasteiger partial charge in [0, 0.05) is 13.2 Å². The van der Waals surface area contributed by atoms with Crippen LogP contribution in [-0.2, 0) is 14.2 Å². The second kappa shape index (κ2) is 30.3. The molecule has 0 amide bonds. The van der Waals surface area contributed by atoms with E-state index < -0.39 is 0 Å². The first-order valence-corrected chi connectivity index (χ1v) is 21.4. The average molecular weight is 699 g/mol. The van der Waals surface area contributed by atoms with Gasteiger partial charge in [0.25, 0.3) is 0 Å². The van der Waals surface area contributed by atoms with Crippen LogP contribution in [0.2, 0.25) is 0 Å². The Morgan fingerprint density at radius 2 is 0.653 bits per heavy atom. The van der Waals surface area contributed by atoms with Crippen molar-refractivity contribution in [2.45, 2.75) is 223 Å². The van der Waals surface area contributed by atoms with Gasteiger partial charge in [-0.1, -0.05) is 94.9 Å². The lowest BCUT2D eigenvalue weighted by molar-refractivity contribution is -0.250. The van der Waals surface area contributed by atoms with Crippen LogP contribution in [0.15, 0.2) is 0 Å². The highest BCUT2D eigenvalue weighted by Crippen LogP contribution is 2.29. The molecule has 0 aliphatic carbocycles. The van der Waals surface area contributed by atoms with Crippen molar-refractivity contribution in [2.24, 2.45) is 47.3 Å². The molecule has 0 rings (SSSR count). The molecule has 0 saturated heterocycles. The van der Waals surface area contributed by atoms with E-state index >= 15 is 0 Å². The highest BCUT2D eigenvalue weighted by Gasteiger charge is 2.21. The number of unbranched alkanes of at least 4 members (excludes halogenated alkanes) is 2. The quantitative estimate of drug-likeness (QED) is 0.0517. The molecule has 296 valence electrons. The van der Waals surface area contributed by atoms with E-state index in [2.05, 4.69) is 69.2 Å². The molecule has 0 radical (unpaired) electrons. The van der Waals surface area contributed by atoms with E-state index in [1.54, 1.807) is 0 Å². The largest absolute Gasteiger partial charge is 0.393 e. The predicted molar refractivity (Wildman–Crippen MR) is 212 cm³/mol. The van der Waals surface area contributed by atoms with Gasteiger partial charge in [0.1, 0.15) is 0 Å². The summed E-state index contributed by atoms with van der Waals surface area (Å²) in [4.78, 5) is 0. The van der Waals surface area contributed by atoms with E-state index in [-0.39, 0.29) is 24.8 Å². The number of aliphatic hydroxyl groups is 2. The summed E-state index contributed by atoms with van der Waals surface area (Å²) in [6.07, 6.45) is 19.5. The number of aliphatic hydroxyl groups excluding tert-OH is 2. The fourth-order valence-corrected chi connectivity index (χ4v) is 8.63. The van der Waals surface area contributed by atoms with E-state index in [0.29, 0.717) is 35.5 Å². The molecule has 0 saturated carbocycles. The number of hydrogen-bond acceptors (Lipinski definition) is 5. The molecular weight excluding hydrogens is 608 g/mol. The van der Waals surface area contributed by atoms with Gasteiger partial charge < -0.3 is 24.4 Å². The van der Waals surface area contributed by atoms with Gasteiger partial charge in [-0.15, -0.1) is 0 Å². The molecule has 0 bridgehead atoms. The Morgan fingerprint density at radius 3 is 0.939 bits per heavy atom. The lowest BCUT2D eigenvalue weighted by Gasteiger charge is -2.27. The fourth-order valence-electron chi connectivity index (χ4n) is 8.63. The smallest absolute Gasteiger partial charge is 0.160 e. The van der Waals surface area contributed by atoms with Gasteiger partial charge in [-0.2, -0.15) is 0 Å². The monoisotopic (exact) mass is 699 g/mol. The Balaban J connectivity index is 4.86. The molecule has 0 spiro atoms. The lowest BCUT2D eigenvalue weighted by atomic mass is 9.83. The van der Waals surface area contributed by atoms with Gasteiger partial charge in [-0.05, 0) is 151 Å². The minimum Gasteiger partial charge on any atom is -0.393 e. The van der Waals surface area contributed by atoms with Crippen molar-refractivity contribution in [3.8, 4) is 0 Å². The van der Waals surface area contributed by atoms with Gasteiger partial charge in [0.2, 0.25) is 0 Å². The van der Waals surface area contributed by atoms with Crippen molar-refractivity contribution in [1.29, 1.82) is 0 Å². The molecule has 0 fully saturated rings. The summed E-state index contributed by atoms with van der Waals surface area (Å²) in [7, 11) is 0. The van der Waals surface area contributed by atoms with Gasteiger partial charge >= 0.3 is 0 Å². The fraction of sp³-hybridized carbons (Fsp3) is 1.00. The molecule has 5 nitrogen and oxygen atoms in total. The first-order valence-electron chi connectivity index (χ1n) is 21.4. The van der Waals surface area contributed by atoms with Crippen LogP contribution in [0.5, 0.6) is 0 Å². The summed E-state index contributed by atoms with van der Waals surface area (Å²) in [6.45, 7) is 28.8. The molecule has 0 aromatic rings. The van der Waals surface area contributed by atoms with Gasteiger partial charge in [-0.3, -0.25) is 0 Å². The van der Waals surface area contributed by atoms with Crippen molar-refractivity contribution in [1.82, 2.24) is 0 Å². The third-order valence-corrected chi connectivity index (χ3v) is 10.5.